The lowest BCUT2D eigenvalue weighted by Gasteiger charge is -2.11. The van der Waals surface area contributed by atoms with Crippen LogP contribution in [0.2, 0.25) is 0 Å². The molecule has 0 radical (unpaired) electrons. The Morgan fingerprint density at radius 2 is 2.44 bits per heavy atom. The summed E-state index contributed by atoms with van der Waals surface area (Å²) in [5, 5.41) is 13.0. The number of fused-ring (bicyclic) bond motifs is 1. The third-order valence-electron chi connectivity index (χ3n) is 2.91. The number of hydrogen-bond donors (Lipinski definition) is 1. The van der Waals surface area contributed by atoms with Crippen LogP contribution in [0.25, 0.3) is 5.52 Å². The van der Waals surface area contributed by atoms with Gasteiger partial charge in [0, 0.05) is 6.42 Å². The maximum atomic E-state index is 10.9. The van der Waals surface area contributed by atoms with Crippen LogP contribution in [0.5, 0.6) is 5.75 Å². The van der Waals surface area contributed by atoms with Gasteiger partial charge in [0.05, 0.1) is 31.1 Å². The van der Waals surface area contributed by atoms with E-state index in [1.165, 1.54) is 10.7 Å². The van der Waals surface area contributed by atoms with Gasteiger partial charge in [0.2, 0.25) is 0 Å². The summed E-state index contributed by atoms with van der Waals surface area (Å²) in [5.41, 5.74) is 0.739. The van der Waals surface area contributed by atoms with Gasteiger partial charge in [0.1, 0.15) is 17.4 Å². The number of rotatable bonds is 3. The van der Waals surface area contributed by atoms with E-state index in [9.17, 15) is 4.79 Å². The molecular weight excluding hydrogens is 236 g/mol. The first-order valence-electron chi connectivity index (χ1n) is 5.69. The van der Waals surface area contributed by atoms with Crippen molar-refractivity contribution < 1.29 is 19.4 Å². The zero-order chi connectivity index (χ0) is 12.5. The van der Waals surface area contributed by atoms with Crippen LogP contribution in [0, 0.1) is 0 Å². The number of aromatic carboxylic acids is 1. The minimum absolute atomic E-state index is 0.0666. The van der Waals surface area contributed by atoms with Gasteiger partial charge in [0.15, 0.2) is 0 Å². The number of ether oxygens (including phenoxy) is 2. The van der Waals surface area contributed by atoms with Gasteiger partial charge in [-0.25, -0.2) is 9.31 Å². The molecule has 0 aromatic carbocycles. The molecule has 1 aliphatic rings. The van der Waals surface area contributed by atoms with Crippen molar-refractivity contribution >= 4 is 11.5 Å². The lowest BCUT2D eigenvalue weighted by molar-refractivity contribution is 0.0699. The Hall–Kier alpha value is -2.08. The summed E-state index contributed by atoms with van der Waals surface area (Å²) in [6.07, 6.45) is 3.95. The van der Waals surface area contributed by atoms with Crippen molar-refractivity contribution in [3.8, 4) is 5.75 Å². The molecule has 2 aromatic heterocycles. The number of carboxylic acids is 1. The lowest BCUT2D eigenvalue weighted by atomic mass is 10.2. The Morgan fingerprint density at radius 3 is 3.17 bits per heavy atom. The Balaban J connectivity index is 1.89. The number of nitrogens with zero attached hydrogens (tertiary/aromatic N) is 2. The molecule has 0 saturated carbocycles. The minimum atomic E-state index is -0.983. The van der Waals surface area contributed by atoms with Gasteiger partial charge in [0.25, 0.3) is 0 Å². The van der Waals surface area contributed by atoms with E-state index in [-0.39, 0.29) is 11.7 Å². The second-order valence-electron chi connectivity index (χ2n) is 4.16. The summed E-state index contributed by atoms with van der Waals surface area (Å²) in [6.45, 7) is 1.31. The highest BCUT2D eigenvalue weighted by molar-refractivity contribution is 5.95. The summed E-state index contributed by atoms with van der Waals surface area (Å²) in [5.74, 6) is -0.319. The molecule has 0 amide bonds. The topological polar surface area (TPSA) is 73.1 Å². The smallest absolute Gasteiger partial charge is 0.339 e. The molecule has 1 aliphatic heterocycles. The molecule has 6 heteroatoms. The highest BCUT2D eigenvalue weighted by atomic mass is 16.5. The van der Waals surface area contributed by atoms with Crippen LogP contribution in [0.1, 0.15) is 16.8 Å². The van der Waals surface area contributed by atoms with Gasteiger partial charge >= 0.3 is 5.97 Å². The molecule has 3 rings (SSSR count). The molecule has 1 unspecified atom stereocenters. The predicted octanol–water partition coefficient (Wildman–Crippen LogP) is 1.20. The second kappa shape index (κ2) is 4.30. The first-order valence-corrected chi connectivity index (χ1v) is 5.69. The first kappa shape index (κ1) is 11.0. The molecule has 2 aromatic rings. The maximum Gasteiger partial charge on any atom is 0.339 e. The molecule has 18 heavy (non-hydrogen) atoms. The summed E-state index contributed by atoms with van der Waals surface area (Å²) in [7, 11) is 0. The molecule has 1 N–H and O–H groups in total. The van der Waals surface area contributed by atoms with Gasteiger partial charge in [-0.2, -0.15) is 5.10 Å². The van der Waals surface area contributed by atoms with E-state index in [1.807, 2.05) is 0 Å². The van der Waals surface area contributed by atoms with Crippen LogP contribution >= 0.6 is 0 Å². The Labute approximate surface area is 103 Å². The highest BCUT2D eigenvalue weighted by Gasteiger charge is 2.18. The molecule has 1 atom stereocenters. The molecular formula is C12H12N2O4. The van der Waals surface area contributed by atoms with E-state index >= 15 is 0 Å². The zero-order valence-corrected chi connectivity index (χ0v) is 9.57. The van der Waals surface area contributed by atoms with Gasteiger partial charge in [-0.15, -0.1) is 0 Å². The zero-order valence-electron chi connectivity index (χ0n) is 9.57. The Kier molecular flexibility index (Phi) is 2.64. The van der Waals surface area contributed by atoms with Crippen molar-refractivity contribution in [2.45, 2.75) is 12.5 Å². The third kappa shape index (κ3) is 1.91. The molecule has 1 saturated heterocycles. The van der Waals surface area contributed by atoms with Gasteiger partial charge < -0.3 is 14.6 Å². The van der Waals surface area contributed by atoms with E-state index in [0.717, 1.165) is 13.0 Å². The number of carbonyl (C=O) groups is 1. The van der Waals surface area contributed by atoms with Gasteiger partial charge in [-0.05, 0) is 12.1 Å². The van der Waals surface area contributed by atoms with Gasteiger partial charge in [-0.1, -0.05) is 0 Å². The fourth-order valence-electron chi connectivity index (χ4n) is 2.00. The minimum Gasteiger partial charge on any atom is -0.486 e. The van der Waals surface area contributed by atoms with Crippen LogP contribution < -0.4 is 4.74 Å². The summed E-state index contributed by atoms with van der Waals surface area (Å²) in [4.78, 5) is 10.9. The van der Waals surface area contributed by atoms with Crippen LogP contribution in [0.3, 0.4) is 0 Å². The molecule has 1 fully saturated rings. The van der Waals surface area contributed by atoms with Crippen molar-refractivity contribution in [3.63, 3.8) is 0 Å². The SMILES string of the molecule is O=C(O)c1cnn2cc(OC3CCOC3)ccc12. The first-order chi connectivity index (χ1) is 8.74. The Morgan fingerprint density at radius 1 is 1.56 bits per heavy atom. The maximum absolute atomic E-state index is 10.9. The van der Waals surface area contributed by atoms with E-state index in [2.05, 4.69) is 5.10 Å². The van der Waals surface area contributed by atoms with E-state index in [1.54, 1.807) is 18.3 Å². The number of aromatic nitrogens is 2. The van der Waals surface area contributed by atoms with Crippen molar-refractivity contribution in [2.24, 2.45) is 0 Å². The fraction of sp³-hybridized carbons (Fsp3) is 0.333. The average Bonchev–Trinajstić information content (AvgIpc) is 2.97. The van der Waals surface area contributed by atoms with Crippen LogP contribution in [-0.2, 0) is 4.74 Å². The van der Waals surface area contributed by atoms with Gasteiger partial charge in [-0.3, -0.25) is 0 Å². The highest BCUT2D eigenvalue weighted by Crippen LogP contribution is 2.19. The summed E-state index contributed by atoms with van der Waals surface area (Å²) in [6, 6.07) is 3.45. The average molecular weight is 248 g/mol. The van der Waals surface area contributed by atoms with Crippen LogP contribution in [0.15, 0.2) is 24.5 Å². The molecule has 94 valence electrons. The van der Waals surface area contributed by atoms with Crippen molar-refractivity contribution in [1.29, 1.82) is 0 Å². The Bertz CT molecular complexity index is 587. The van der Waals surface area contributed by atoms with Crippen molar-refractivity contribution in [1.82, 2.24) is 9.61 Å². The quantitative estimate of drug-likeness (QED) is 0.883. The molecule has 3 heterocycles. The van der Waals surface area contributed by atoms with E-state index in [0.29, 0.717) is 17.9 Å². The summed E-state index contributed by atoms with van der Waals surface area (Å²) >= 11 is 0. The predicted molar refractivity (Wildman–Crippen MR) is 62.0 cm³/mol. The third-order valence-corrected chi connectivity index (χ3v) is 2.91. The van der Waals surface area contributed by atoms with Crippen LogP contribution in [-0.4, -0.2) is 40.0 Å². The standard InChI is InChI=1S/C12H12N2O4/c15-12(16)10-5-13-14-6-8(1-2-11(10)14)18-9-3-4-17-7-9/h1-2,5-6,9H,3-4,7H2,(H,15,16). The normalized spacial score (nSPS) is 19.2. The van der Waals surface area contributed by atoms with Crippen LogP contribution in [0.4, 0.5) is 0 Å². The number of carboxylic acid groups (broad SMARTS) is 1. The molecule has 0 aliphatic carbocycles. The number of hydrogen-bond acceptors (Lipinski definition) is 4. The molecule has 0 bridgehead atoms. The molecule has 0 spiro atoms. The number of pyridine rings is 1. The lowest BCUT2D eigenvalue weighted by Crippen LogP contribution is -2.15. The fourth-order valence-corrected chi connectivity index (χ4v) is 2.00. The monoisotopic (exact) mass is 248 g/mol. The van der Waals surface area contributed by atoms with Crippen molar-refractivity contribution in [3.05, 3.63) is 30.1 Å². The van der Waals surface area contributed by atoms with Crippen molar-refractivity contribution in [2.75, 3.05) is 13.2 Å². The molecule has 6 nitrogen and oxygen atoms in total. The van der Waals surface area contributed by atoms with E-state index in [4.69, 9.17) is 14.6 Å². The largest absolute Gasteiger partial charge is 0.486 e. The van der Waals surface area contributed by atoms with E-state index < -0.39 is 5.97 Å². The summed E-state index contributed by atoms with van der Waals surface area (Å²) < 4.78 is 12.5. The second-order valence-corrected chi connectivity index (χ2v) is 4.16.